The molecule has 6 nitrogen and oxygen atoms in total. The number of nitrogens with one attached hydrogen (secondary N) is 1. The predicted octanol–water partition coefficient (Wildman–Crippen LogP) is 3.28. The molecule has 1 heterocycles. The molecule has 1 aliphatic heterocycles. The minimum Gasteiger partial charge on any atom is -0.478 e. The van der Waals surface area contributed by atoms with Gasteiger partial charge in [0, 0.05) is 37.3 Å². The molecule has 1 aromatic rings. The van der Waals surface area contributed by atoms with Crippen molar-refractivity contribution in [2.24, 2.45) is 0 Å². The Morgan fingerprint density at radius 1 is 1.23 bits per heavy atom. The van der Waals surface area contributed by atoms with Crippen LogP contribution in [0.25, 0.3) is 0 Å². The van der Waals surface area contributed by atoms with Crippen molar-refractivity contribution < 1.29 is 19.8 Å². The summed E-state index contributed by atoms with van der Waals surface area (Å²) in [6.45, 7) is 7.63. The topological polar surface area (TPSA) is 89.9 Å². The SMILES string of the molecule is CC(C)N(Cc1ccc(Cl)c(Cl)c1)[C@H]1CCNC1.O=C(O)C=CC(=O)O. The van der Waals surface area contributed by atoms with Crippen LogP contribution in [0.1, 0.15) is 25.8 Å². The van der Waals surface area contributed by atoms with Gasteiger partial charge in [-0.15, -0.1) is 0 Å². The van der Waals surface area contributed by atoms with E-state index in [4.69, 9.17) is 33.4 Å². The molecule has 0 bridgehead atoms. The summed E-state index contributed by atoms with van der Waals surface area (Å²) in [5.74, 6) is -2.51. The minimum atomic E-state index is -1.26. The summed E-state index contributed by atoms with van der Waals surface area (Å²) < 4.78 is 0. The van der Waals surface area contributed by atoms with Gasteiger partial charge < -0.3 is 15.5 Å². The molecule has 0 saturated carbocycles. The average molecular weight is 403 g/mol. The number of benzene rings is 1. The Bertz CT molecular complexity index is 628. The van der Waals surface area contributed by atoms with Crippen molar-refractivity contribution in [3.63, 3.8) is 0 Å². The second kappa shape index (κ2) is 11.2. The molecule has 0 amide bonds. The van der Waals surface area contributed by atoms with E-state index >= 15 is 0 Å². The Hall–Kier alpha value is -1.60. The molecule has 1 aliphatic rings. The molecular formula is C18H24Cl2N2O4. The maximum atomic E-state index is 9.55. The molecule has 0 radical (unpaired) electrons. The van der Waals surface area contributed by atoms with Crippen molar-refractivity contribution in [3.8, 4) is 0 Å². The first-order chi connectivity index (χ1) is 12.2. The lowest BCUT2D eigenvalue weighted by Gasteiger charge is -2.32. The lowest BCUT2D eigenvalue weighted by molar-refractivity contribution is -0.134. The molecule has 8 heteroatoms. The number of carboxylic acid groups (broad SMARTS) is 2. The number of aliphatic carboxylic acids is 2. The van der Waals surface area contributed by atoms with Gasteiger partial charge in [-0.2, -0.15) is 0 Å². The van der Waals surface area contributed by atoms with Crippen LogP contribution in [0.2, 0.25) is 10.0 Å². The lowest BCUT2D eigenvalue weighted by Crippen LogP contribution is -2.41. The highest BCUT2D eigenvalue weighted by Crippen LogP contribution is 2.24. The second-order valence-electron chi connectivity index (χ2n) is 6.17. The van der Waals surface area contributed by atoms with E-state index in [-0.39, 0.29) is 0 Å². The van der Waals surface area contributed by atoms with E-state index < -0.39 is 11.9 Å². The number of rotatable bonds is 6. The normalized spacial score (nSPS) is 16.8. The summed E-state index contributed by atoms with van der Waals surface area (Å²) in [4.78, 5) is 21.6. The maximum Gasteiger partial charge on any atom is 0.328 e. The van der Waals surface area contributed by atoms with Gasteiger partial charge in [0.15, 0.2) is 0 Å². The molecule has 0 aliphatic carbocycles. The quantitative estimate of drug-likeness (QED) is 0.632. The largest absolute Gasteiger partial charge is 0.478 e. The molecule has 1 saturated heterocycles. The zero-order valence-corrected chi connectivity index (χ0v) is 16.3. The summed E-state index contributed by atoms with van der Waals surface area (Å²) in [5.41, 5.74) is 1.23. The summed E-state index contributed by atoms with van der Waals surface area (Å²) in [6, 6.07) is 7.07. The highest BCUT2D eigenvalue weighted by molar-refractivity contribution is 6.42. The highest BCUT2D eigenvalue weighted by Gasteiger charge is 2.24. The van der Waals surface area contributed by atoms with E-state index in [0.717, 1.165) is 19.6 Å². The standard InChI is InChI=1S/C14H20Cl2N2.C4H4O4/c1-10(2)18(12-5-6-17-8-12)9-11-3-4-13(15)14(16)7-11;5-3(6)1-2-4(7)8/h3-4,7,10,12,17H,5-6,8-9H2,1-2H3;1-2H,(H,5,6)(H,7,8)/t12-;/m0./s1. The summed E-state index contributed by atoms with van der Waals surface area (Å²) in [6.07, 6.45) is 2.34. The van der Waals surface area contributed by atoms with Crippen LogP contribution in [0.3, 0.4) is 0 Å². The number of nitrogens with zero attached hydrogens (tertiary/aromatic N) is 1. The van der Waals surface area contributed by atoms with Gasteiger partial charge in [-0.25, -0.2) is 9.59 Å². The van der Waals surface area contributed by atoms with Gasteiger partial charge >= 0.3 is 11.9 Å². The summed E-state index contributed by atoms with van der Waals surface area (Å²) in [5, 5.41) is 20.3. The molecule has 0 aromatic heterocycles. The number of hydrogen-bond acceptors (Lipinski definition) is 4. The van der Waals surface area contributed by atoms with Crippen LogP contribution in [-0.4, -0.2) is 52.2 Å². The van der Waals surface area contributed by atoms with Gasteiger partial charge in [-0.05, 0) is 44.5 Å². The van der Waals surface area contributed by atoms with Crippen molar-refractivity contribution in [1.29, 1.82) is 0 Å². The summed E-state index contributed by atoms with van der Waals surface area (Å²) in [7, 11) is 0. The molecule has 1 fully saturated rings. The Balaban J connectivity index is 0.000000359. The molecule has 2 rings (SSSR count). The average Bonchev–Trinajstić information content (AvgIpc) is 3.08. The third kappa shape index (κ3) is 8.19. The third-order valence-electron chi connectivity index (χ3n) is 3.88. The molecule has 1 aromatic carbocycles. The van der Waals surface area contributed by atoms with Crippen LogP contribution < -0.4 is 5.32 Å². The Morgan fingerprint density at radius 2 is 1.85 bits per heavy atom. The van der Waals surface area contributed by atoms with Crippen LogP contribution in [-0.2, 0) is 16.1 Å². The van der Waals surface area contributed by atoms with Gasteiger partial charge in [-0.1, -0.05) is 29.3 Å². The van der Waals surface area contributed by atoms with Crippen molar-refractivity contribution in [2.45, 2.75) is 38.9 Å². The molecule has 0 spiro atoms. The first-order valence-corrected chi connectivity index (χ1v) is 9.00. The fraction of sp³-hybridized carbons (Fsp3) is 0.444. The van der Waals surface area contributed by atoms with Crippen molar-refractivity contribution in [3.05, 3.63) is 46.0 Å². The van der Waals surface area contributed by atoms with E-state index in [1.807, 2.05) is 12.1 Å². The molecule has 26 heavy (non-hydrogen) atoms. The number of halogens is 2. The van der Waals surface area contributed by atoms with Crippen LogP contribution in [0.4, 0.5) is 0 Å². The van der Waals surface area contributed by atoms with Crippen LogP contribution in [0.5, 0.6) is 0 Å². The zero-order chi connectivity index (χ0) is 19.7. The lowest BCUT2D eigenvalue weighted by atomic mass is 10.1. The van der Waals surface area contributed by atoms with Crippen LogP contribution in [0.15, 0.2) is 30.4 Å². The number of hydrogen-bond donors (Lipinski definition) is 3. The van der Waals surface area contributed by atoms with Crippen molar-refractivity contribution >= 4 is 35.1 Å². The van der Waals surface area contributed by atoms with Crippen LogP contribution in [0, 0.1) is 0 Å². The maximum absolute atomic E-state index is 9.55. The molecule has 1 atom stereocenters. The van der Waals surface area contributed by atoms with Gasteiger partial charge in [0.05, 0.1) is 10.0 Å². The number of carboxylic acids is 2. The van der Waals surface area contributed by atoms with E-state index in [2.05, 4.69) is 30.1 Å². The van der Waals surface area contributed by atoms with Gasteiger partial charge in [0.25, 0.3) is 0 Å². The van der Waals surface area contributed by atoms with E-state index in [1.165, 1.54) is 12.0 Å². The van der Waals surface area contributed by atoms with Crippen LogP contribution >= 0.6 is 23.2 Å². The predicted molar refractivity (Wildman–Crippen MR) is 103 cm³/mol. The van der Waals surface area contributed by atoms with E-state index in [9.17, 15) is 9.59 Å². The number of carbonyl (C=O) groups is 2. The van der Waals surface area contributed by atoms with Gasteiger partial charge in [-0.3, -0.25) is 4.90 Å². The monoisotopic (exact) mass is 402 g/mol. The molecule has 0 unspecified atom stereocenters. The molecule has 3 N–H and O–H groups in total. The smallest absolute Gasteiger partial charge is 0.328 e. The minimum absolute atomic E-state index is 0.532. The zero-order valence-electron chi connectivity index (χ0n) is 14.8. The first-order valence-electron chi connectivity index (χ1n) is 8.25. The Labute approximate surface area is 163 Å². The molecule has 144 valence electrons. The van der Waals surface area contributed by atoms with Crippen molar-refractivity contribution in [1.82, 2.24) is 10.2 Å². The van der Waals surface area contributed by atoms with Gasteiger partial charge in [0.1, 0.15) is 0 Å². The molecular weight excluding hydrogens is 379 g/mol. The highest BCUT2D eigenvalue weighted by atomic mass is 35.5. The third-order valence-corrected chi connectivity index (χ3v) is 4.62. The Kier molecular flexibility index (Phi) is 9.65. The fourth-order valence-electron chi connectivity index (χ4n) is 2.65. The van der Waals surface area contributed by atoms with Gasteiger partial charge in [0.2, 0.25) is 0 Å². The van der Waals surface area contributed by atoms with Crippen molar-refractivity contribution in [2.75, 3.05) is 13.1 Å². The first kappa shape index (κ1) is 22.4. The Morgan fingerprint density at radius 3 is 2.27 bits per heavy atom. The fourth-order valence-corrected chi connectivity index (χ4v) is 2.97. The second-order valence-corrected chi connectivity index (χ2v) is 6.99. The van der Waals surface area contributed by atoms with E-state index in [0.29, 0.717) is 34.3 Å². The van der Waals surface area contributed by atoms with E-state index in [1.54, 1.807) is 0 Å². The summed E-state index contributed by atoms with van der Waals surface area (Å²) >= 11 is 12.0.